The van der Waals surface area contributed by atoms with Crippen LogP contribution in [-0.4, -0.2) is 11.9 Å². The summed E-state index contributed by atoms with van der Waals surface area (Å²) in [5.74, 6) is 0.394. The van der Waals surface area contributed by atoms with Gasteiger partial charge in [-0.2, -0.15) is 0 Å². The number of benzene rings is 1. The zero-order chi connectivity index (χ0) is 12.8. The molecule has 0 aliphatic carbocycles. The maximum atomic E-state index is 13.5. The third-order valence-corrected chi connectivity index (χ3v) is 3.25. The van der Waals surface area contributed by atoms with E-state index >= 15 is 0 Å². The number of hydrogen-bond donors (Lipinski definition) is 1. The molecule has 0 fully saturated rings. The van der Waals surface area contributed by atoms with Crippen molar-refractivity contribution >= 4 is 27.5 Å². The number of hydrogen-bond acceptors (Lipinski definition) is 1. The number of nitrogens with one attached hydrogen (secondary N) is 1. The Balaban J connectivity index is 2.35. The monoisotopic (exact) mass is 321 g/mol. The van der Waals surface area contributed by atoms with Crippen molar-refractivity contribution in [1.82, 2.24) is 5.32 Å². The van der Waals surface area contributed by atoms with Crippen LogP contribution in [0, 0.1) is 11.7 Å². The van der Waals surface area contributed by atoms with E-state index in [1.807, 2.05) is 6.07 Å². The van der Waals surface area contributed by atoms with E-state index < -0.39 is 0 Å². The first-order valence-corrected chi connectivity index (χ1v) is 7.00. The molecule has 1 atom stereocenters. The Kier molecular flexibility index (Phi) is 6.45. The first-order chi connectivity index (χ1) is 7.99. The van der Waals surface area contributed by atoms with Crippen molar-refractivity contribution in [3.05, 3.63) is 34.1 Å². The average Bonchev–Trinajstić information content (AvgIpc) is 2.20. The predicted octanol–water partition coefficient (Wildman–Crippen LogP) is 4.33. The highest BCUT2D eigenvalue weighted by Gasteiger charge is 2.08. The van der Waals surface area contributed by atoms with Gasteiger partial charge in [-0.25, -0.2) is 4.39 Å². The molecule has 1 aromatic carbocycles. The summed E-state index contributed by atoms with van der Waals surface area (Å²) in [5, 5.41) is 3.28. The maximum absolute atomic E-state index is 13.5. The highest BCUT2D eigenvalue weighted by molar-refractivity contribution is 9.10. The minimum absolute atomic E-state index is 0.105. The van der Waals surface area contributed by atoms with Gasteiger partial charge in [0.1, 0.15) is 5.82 Å². The van der Waals surface area contributed by atoms with Gasteiger partial charge in [0, 0.05) is 28.5 Å². The summed E-state index contributed by atoms with van der Waals surface area (Å²) in [6, 6.07) is 5.09. The van der Waals surface area contributed by atoms with Gasteiger partial charge >= 0.3 is 0 Å². The topological polar surface area (TPSA) is 12.0 Å². The van der Waals surface area contributed by atoms with Crippen molar-refractivity contribution in [2.24, 2.45) is 5.92 Å². The number of halogens is 3. The smallest absolute Gasteiger partial charge is 0.128 e. The van der Waals surface area contributed by atoms with Crippen LogP contribution in [0.2, 0.25) is 0 Å². The Morgan fingerprint density at radius 3 is 2.71 bits per heavy atom. The summed E-state index contributed by atoms with van der Waals surface area (Å²) in [6.07, 6.45) is 0.970. The summed E-state index contributed by atoms with van der Waals surface area (Å²) < 4.78 is 14.2. The lowest BCUT2D eigenvalue weighted by Crippen LogP contribution is -2.24. The molecule has 17 heavy (non-hydrogen) atoms. The molecule has 1 unspecified atom stereocenters. The van der Waals surface area contributed by atoms with Gasteiger partial charge in [-0.1, -0.05) is 35.8 Å². The fraction of sp³-hybridized carbons (Fsp3) is 0.538. The van der Waals surface area contributed by atoms with Crippen molar-refractivity contribution in [3.8, 4) is 0 Å². The molecule has 0 aliphatic heterocycles. The van der Waals surface area contributed by atoms with E-state index in [-0.39, 0.29) is 11.2 Å². The van der Waals surface area contributed by atoms with Crippen LogP contribution >= 0.6 is 27.5 Å². The van der Waals surface area contributed by atoms with E-state index in [4.69, 9.17) is 11.6 Å². The van der Waals surface area contributed by atoms with Crippen LogP contribution in [0.4, 0.5) is 4.39 Å². The van der Waals surface area contributed by atoms with Gasteiger partial charge in [0.15, 0.2) is 0 Å². The first-order valence-electron chi connectivity index (χ1n) is 5.77. The lowest BCUT2D eigenvalue weighted by atomic mass is 10.1. The van der Waals surface area contributed by atoms with Crippen molar-refractivity contribution in [3.63, 3.8) is 0 Å². The van der Waals surface area contributed by atoms with Gasteiger partial charge in [0.25, 0.3) is 0 Å². The van der Waals surface area contributed by atoms with Crippen molar-refractivity contribution in [2.45, 2.75) is 32.2 Å². The Morgan fingerprint density at radius 2 is 2.12 bits per heavy atom. The third-order valence-electron chi connectivity index (χ3n) is 2.42. The second-order valence-corrected chi connectivity index (χ2v) is 6.13. The first kappa shape index (κ1) is 14.9. The molecule has 1 rings (SSSR count). The second-order valence-electron chi connectivity index (χ2n) is 4.59. The third kappa shape index (κ3) is 5.84. The van der Waals surface area contributed by atoms with E-state index in [2.05, 4.69) is 35.1 Å². The van der Waals surface area contributed by atoms with Crippen LogP contribution in [0.15, 0.2) is 22.7 Å². The molecule has 0 spiro atoms. The summed E-state index contributed by atoms with van der Waals surface area (Å²) >= 11 is 9.38. The fourth-order valence-electron chi connectivity index (χ4n) is 1.62. The summed E-state index contributed by atoms with van der Waals surface area (Å²) in [5.41, 5.74) is 0.668. The van der Waals surface area contributed by atoms with Crippen LogP contribution < -0.4 is 5.32 Å². The van der Waals surface area contributed by atoms with Crippen LogP contribution in [0.3, 0.4) is 0 Å². The second kappa shape index (κ2) is 7.34. The van der Waals surface area contributed by atoms with Crippen molar-refractivity contribution in [2.75, 3.05) is 6.54 Å². The Labute approximate surface area is 116 Å². The zero-order valence-corrected chi connectivity index (χ0v) is 12.5. The number of rotatable bonds is 6. The molecule has 0 heterocycles. The van der Waals surface area contributed by atoms with Gasteiger partial charge in [-0.15, -0.1) is 11.6 Å². The maximum Gasteiger partial charge on any atom is 0.128 e. The van der Waals surface area contributed by atoms with Crippen molar-refractivity contribution < 1.29 is 4.39 Å². The molecular weight excluding hydrogens is 305 g/mol. The number of alkyl halides is 1. The van der Waals surface area contributed by atoms with Crippen molar-refractivity contribution in [1.29, 1.82) is 0 Å². The normalized spacial score (nSPS) is 13.1. The van der Waals surface area contributed by atoms with Gasteiger partial charge in [0.2, 0.25) is 0 Å². The van der Waals surface area contributed by atoms with Crippen LogP contribution in [0.5, 0.6) is 0 Å². The molecule has 1 nitrogen and oxygen atoms in total. The van der Waals surface area contributed by atoms with E-state index in [1.165, 1.54) is 6.07 Å². The molecule has 0 saturated carbocycles. The van der Waals surface area contributed by atoms with Gasteiger partial charge < -0.3 is 5.32 Å². The SMILES string of the molecule is CC(C)CC(Cl)CNCc1ccc(Br)cc1F. The molecule has 0 aliphatic rings. The van der Waals surface area contributed by atoms with E-state index in [0.717, 1.165) is 10.9 Å². The van der Waals surface area contributed by atoms with E-state index in [0.29, 0.717) is 24.6 Å². The zero-order valence-electron chi connectivity index (χ0n) is 10.1. The highest BCUT2D eigenvalue weighted by atomic mass is 79.9. The summed E-state index contributed by atoms with van der Waals surface area (Å²) in [6.45, 7) is 5.50. The Bertz CT molecular complexity index is 357. The fourth-order valence-corrected chi connectivity index (χ4v) is 2.42. The highest BCUT2D eigenvalue weighted by Crippen LogP contribution is 2.15. The van der Waals surface area contributed by atoms with Gasteiger partial charge in [-0.3, -0.25) is 0 Å². The molecule has 0 radical (unpaired) electrons. The van der Waals surface area contributed by atoms with Crippen LogP contribution in [0.1, 0.15) is 25.8 Å². The molecule has 0 saturated heterocycles. The quantitative estimate of drug-likeness (QED) is 0.769. The predicted molar refractivity (Wildman–Crippen MR) is 74.9 cm³/mol. The summed E-state index contributed by atoms with van der Waals surface area (Å²) in [7, 11) is 0. The van der Waals surface area contributed by atoms with Gasteiger partial charge in [-0.05, 0) is 24.5 Å². The minimum atomic E-state index is -0.193. The molecule has 1 aromatic rings. The van der Waals surface area contributed by atoms with E-state index in [9.17, 15) is 4.39 Å². The lowest BCUT2D eigenvalue weighted by Gasteiger charge is -2.13. The summed E-state index contributed by atoms with van der Waals surface area (Å²) in [4.78, 5) is 0. The van der Waals surface area contributed by atoms with Crippen LogP contribution in [-0.2, 0) is 6.54 Å². The Morgan fingerprint density at radius 1 is 1.41 bits per heavy atom. The standard InChI is InChI=1S/C13H18BrClFN/c1-9(2)5-12(15)8-17-7-10-3-4-11(14)6-13(10)16/h3-4,6,9,12,17H,5,7-8H2,1-2H3. The van der Waals surface area contributed by atoms with Gasteiger partial charge in [0.05, 0.1) is 0 Å². The Hall–Kier alpha value is -0.120. The average molecular weight is 323 g/mol. The lowest BCUT2D eigenvalue weighted by molar-refractivity contribution is 0.526. The largest absolute Gasteiger partial charge is 0.311 e. The van der Waals surface area contributed by atoms with E-state index in [1.54, 1.807) is 6.07 Å². The molecule has 0 bridgehead atoms. The van der Waals surface area contributed by atoms with Crippen LogP contribution in [0.25, 0.3) is 0 Å². The molecule has 4 heteroatoms. The molecule has 1 N–H and O–H groups in total. The molecular formula is C13H18BrClFN. The molecule has 96 valence electrons. The molecule has 0 amide bonds. The molecule has 0 aromatic heterocycles. The minimum Gasteiger partial charge on any atom is -0.311 e.